The molecular weight excluding hydrogens is 359 g/mol. The summed E-state index contributed by atoms with van der Waals surface area (Å²) in [5.74, 6) is 0.466. The molecule has 130 valence electrons. The molecule has 3 rings (SSSR count). The predicted molar refractivity (Wildman–Crippen MR) is 93.7 cm³/mol. The number of aromatic nitrogens is 3. The molecule has 25 heavy (non-hydrogen) atoms. The van der Waals surface area contributed by atoms with Crippen molar-refractivity contribution < 1.29 is 17.0 Å². The van der Waals surface area contributed by atoms with Gasteiger partial charge in [-0.25, -0.2) is 9.25 Å². The van der Waals surface area contributed by atoms with E-state index in [9.17, 15) is 0 Å². The SMILES string of the molecule is Cc1ccc(/N=N/c2cnn(Cc3ccc[n+](C)c3)c2N)c(Cl)c1.[Cl-]. The monoisotopic (exact) mass is 376 g/mol. The lowest BCUT2D eigenvalue weighted by Gasteiger charge is -2.03. The van der Waals surface area contributed by atoms with Crippen molar-refractivity contribution in [2.75, 3.05) is 5.73 Å². The van der Waals surface area contributed by atoms with Gasteiger partial charge in [0.05, 0.1) is 17.8 Å². The first-order chi connectivity index (χ1) is 11.5. The Labute approximate surface area is 157 Å². The first-order valence-corrected chi connectivity index (χ1v) is 7.84. The van der Waals surface area contributed by atoms with Gasteiger partial charge in [-0.1, -0.05) is 17.7 Å². The third kappa shape index (κ3) is 4.55. The first-order valence-electron chi connectivity index (χ1n) is 7.46. The summed E-state index contributed by atoms with van der Waals surface area (Å²) in [5, 5.41) is 13.2. The molecule has 6 nitrogen and oxygen atoms in total. The molecule has 0 fully saturated rings. The molecule has 0 saturated carbocycles. The van der Waals surface area contributed by atoms with E-state index in [-0.39, 0.29) is 12.4 Å². The minimum Gasteiger partial charge on any atom is -1.00 e. The summed E-state index contributed by atoms with van der Waals surface area (Å²) < 4.78 is 3.68. The molecule has 8 heteroatoms. The largest absolute Gasteiger partial charge is 1.00 e. The molecule has 0 atom stereocenters. The van der Waals surface area contributed by atoms with E-state index in [1.165, 1.54) is 0 Å². The zero-order chi connectivity index (χ0) is 17.1. The van der Waals surface area contributed by atoms with E-state index in [1.54, 1.807) is 10.9 Å². The highest BCUT2D eigenvalue weighted by molar-refractivity contribution is 6.33. The average Bonchev–Trinajstić information content (AvgIpc) is 2.87. The second-order valence-electron chi connectivity index (χ2n) is 5.61. The summed E-state index contributed by atoms with van der Waals surface area (Å²) in [5.41, 5.74) is 9.41. The number of benzene rings is 1. The van der Waals surface area contributed by atoms with Gasteiger partial charge in [-0.15, -0.1) is 10.2 Å². The van der Waals surface area contributed by atoms with E-state index in [0.717, 1.165) is 11.1 Å². The lowest BCUT2D eigenvalue weighted by molar-refractivity contribution is -0.671. The van der Waals surface area contributed by atoms with Crippen LogP contribution >= 0.6 is 11.6 Å². The molecule has 1 aromatic carbocycles. The van der Waals surface area contributed by atoms with Gasteiger partial charge in [0.1, 0.15) is 24.2 Å². The van der Waals surface area contributed by atoms with Crippen LogP contribution in [0.25, 0.3) is 0 Å². The fourth-order valence-electron chi connectivity index (χ4n) is 2.31. The minimum absolute atomic E-state index is 0. The Morgan fingerprint density at radius 3 is 2.72 bits per heavy atom. The number of nitrogen functional groups attached to an aromatic ring is 1. The van der Waals surface area contributed by atoms with Gasteiger partial charge in [0, 0.05) is 11.6 Å². The summed E-state index contributed by atoms with van der Waals surface area (Å²) >= 11 is 6.15. The lowest BCUT2D eigenvalue weighted by atomic mass is 10.2. The molecule has 0 unspecified atom stereocenters. The summed E-state index contributed by atoms with van der Waals surface area (Å²) in [7, 11) is 1.97. The molecule has 0 bridgehead atoms. The molecular formula is C17H18Cl2N6. The average molecular weight is 377 g/mol. The normalized spacial score (nSPS) is 10.8. The Morgan fingerprint density at radius 1 is 1.24 bits per heavy atom. The second kappa shape index (κ2) is 8.09. The highest BCUT2D eigenvalue weighted by atomic mass is 35.5. The van der Waals surface area contributed by atoms with Crippen molar-refractivity contribution in [3.05, 3.63) is 65.1 Å². The molecule has 2 heterocycles. The number of hydrogen-bond donors (Lipinski definition) is 1. The first kappa shape index (κ1) is 18.9. The smallest absolute Gasteiger partial charge is 0.173 e. The number of aryl methyl sites for hydroxylation is 2. The van der Waals surface area contributed by atoms with Crippen LogP contribution < -0.4 is 22.7 Å². The quantitative estimate of drug-likeness (QED) is 0.538. The Hall–Kier alpha value is -2.44. The number of rotatable bonds is 4. The zero-order valence-electron chi connectivity index (χ0n) is 13.9. The number of hydrogen-bond acceptors (Lipinski definition) is 4. The van der Waals surface area contributed by atoms with Gasteiger partial charge in [0.25, 0.3) is 0 Å². The lowest BCUT2D eigenvalue weighted by Crippen LogP contribution is -3.00. The molecule has 0 aliphatic rings. The fourth-order valence-corrected chi connectivity index (χ4v) is 2.58. The third-order valence-electron chi connectivity index (χ3n) is 3.56. The molecule has 2 aromatic heterocycles. The van der Waals surface area contributed by atoms with Gasteiger partial charge in [-0.3, -0.25) is 0 Å². The van der Waals surface area contributed by atoms with Crippen LogP contribution in [-0.2, 0) is 13.6 Å². The van der Waals surface area contributed by atoms with E-state index in [2.05, 4.69) is 15.3 Å². The van der Waals surface area contributed by atoms with E-state index < -0.39 is 0 Å². The summed E-state index contributed by atoms with van der Waals surface area (Å²) in [6.07, 6.45) is 5.60. The Kier molecular flexibility index (Phi) is 6.12. The van der Waals surface area contributed by atoms with Gasteiger partial charge in [0.2, 0.25) is 0 Å². The van der Waals surface area contributed by atoms with Crippen molar-refractivity contribution >= 4 is 28.8 Å². The Bertz CT molecular complexity index is 904. The molecule has 0 amide bonds. The minimum atomic E-state index is 0. The van der Waals surface area contributed by atoms with Crippen molar-refractivity contribution in [2.45, 2.75) is 13.5 Å². The van der Waals surface area contributed by atoms with Gasteiger partial charge in [-0.05, 0) is 30.7 Å². The summed E-state index contributed by atoms with van der Waals surface area (Å²) in [6, 6.07) is 9.61. The number of anilines is 1. The maximum absolute atomic E-state index is 6.15. The number of nitrogens with zero attached hydrogens (tertiary/aromatic N) is 5. The fraction of sp³-hybridized carbons (Fsp3) is 0.176. The van der Waals surface area contributed by atoms with E-state index in [4.69, 9.17) is 17.3 Å². The molecule has 0 aliphatic carbocycles. The van der Waals surface area contributed by atoms with Gasteiger partial charge in [-0.2, -0.15) is 5.10 Å². The van der Waals surface area contributed by atoms with Crippen LogP contribution in [0.4, 0.5) is 17.2 Å². The molecule has 0 aliphatic heterocycles. The van der Waals surface area contributed by atoms with Crippen LogP contribution in [0.2, 0.25) is 5.02 Å². The molecule has 3 aromatic rings. The topological polar surface area (TPSA) is 72.4 Å². The van der Waals surface area contributed by atoms with Gasteiger partial charge < -0.3 is 18.1 Å². The third-order valence-corrected chi connectivity index (χ3v) is 3.86. The standard InChI is InChI=1S/C17H18ClN6.ClH/c1-12-5-6-15(14(18)8-12)21-22-16-9-20-24(17(16)19)11-13-4-3-7-23(2)10-13;/h3-10H,11,19H2,1-2H3;1H/q+1;/p-1/b22-21+;. The van der Waals surface area contributed by atoms with E-state index in [0.29, 0.717) is 28.8 Å². The molecule has 0 saturated heterocycles. The van der Waals surface area contributed by atoms with E-state index in [1.807, 2.05) is 61.3 Å². The van der Waals surface area contributed by atoms with Gasteiger partial charge >= 0.3 is 0 Å². The Morgan fingerprint density at radius 2 is 2.00 bits per heavy atom. The number of nitrogens with two attached hydrogens (primary N) is 1. The van der Waals surface area contributed by atoms with Crippen LogP contribution in [0, 0.1) is 6.92 Å². The number of azo groups is 1. The maximum Gasteiger partial charge on any atom is 0.173 e. The highest BCUT2D eigenvalue weighted by Gasteiger charge is 2.09. The van der Waals surface area contributed by atoms with Crippen LogP contribution in [0.15, 0.2) is 59.2 Å². The van der Waals surface area contributed by atoms with Crippen molar-refractivity contribution in [1.82, 2.24) is 9.78 Å². The van der Waals surface area contributed by atoms with Crippen LogP contribution in [0.3, 0.4) is 0 Å². The second-order valence-corrected chi connectivity index (χ2v) is 6.01. The van der Waals surface area contributed by atoms with Crippen LogP contribution in [-0.4, -0.2) is 9.78 Å². The predicted octanol–water partition coefficient (Wildman–Crippen LogP) is 0.719. The maximum atomic E-state index is 6.15. The molecule has 0 spiro atoms. The highest BCUT2D eigenvalue weighted by Crippen LogP contribution is 2.29. The Balaban J connectivity index is 0.00000225. The number of halogens is 2. The van der Waals surface area contributed by atoms with Crippen LogP contribution in [0.1, 0.15) is 11.1 Å². The van der Waals surface area contributed by atoms with E-state index >= 15 is 0 Å². The zero-order valence-corrected chi connectivity index (χ0v) is 15.4. The van der Waals surface area contributed by atoms with Crippen LogP contribution in [0.5, 0.6) is 0 Å². The number of pyridine rings is 1. The molecule has 2 N–H and O–H groups in total. The van der Waals surface area contributed by atoms with Crippen molar-refractivity contribution in [2.24, 2.45) is 17.3 Å². The van der Waals surface area contributed by atoms with Gasteiger partial charge in [0.15, 0.2) is 12.4 Å². The van der Waals surface area contributed by atoms with Crippen molar-refractivity contribution in [3.8, 4) is 0 Å². The summed E-state index contributed by atoms with van der Waals surface area (Å²) in [4.78, 5) is 0. The molecule has 0 radical (unpaired) electrons. The van der Waals surface area contributed by atoms with Crippen molar-refractivity contribution in [1.29, 1.82) is 0 Å². The summed E-state index contributed by atoms with van der Waals surface area (Å²) in [6.45, 7) is 2.54. The van der Waals surface area contributed by atoms with Crippen molar-refractivity contribution in [3.63, 3.8) is 0 Å².